The molecular formula is C18H22O5. The molecule has 0 bridgehead atoms. The summed E-state index contributed by atoms with van der Waals surface area (Å²) in [5.74, 6) is -1.13. The third-order valence-corrected chi connectivity index (χ3v) is 4.23. The van der Waals surface area contributed by atoms with Crippen molar-refractivity contribution < 1.29 is 24.5 Å². The molecular weight excluding hydrogens is 296 g/mol. The van der Waals surface area contributed by atoms with Gasteiger partial charge in [0.2, 0.25) is 0 Å². The van der Waals surface area contributed by atoms with Crippen molar-refractivity contribution in [3.63, 3.8) is 0 Å². The molecule has 0 amide bonds. The van der Waals surface area contributed by atoms with Crippen molar-refractivity contribution in [1.29, 1.82) is 0 Å². The Morgan fingerprint density at radius 1 is 1.26 bits per heavy atom. The second-order valence-electron chi connectivity index (χ2n) is 5.98. The Bertz CT molecular complexity index is 578. The zero-order valence-corrected chi connectivity index (χ0v) is 13.1. The molecule has 23 heavy (non-hydrogen) atoms. The molecule has 1 aromatic carbocycles. The van der Waals surface area contributed by atoms with E-state index in [0.29, 0.717) is 30.4 Å². The third kappa shape index (κ3) is 4.93. The van der Waals surface area contributed by atoms with Gasteiger partial charge in [0, 0.05) is 5.57 Å². The third-order valence-electron chi connectivity index (χ3n) is 4.23. The lowest BCUT2D eigenvalue weighted by Gasteiger charge is -2.32. The largest absolute Gasteiger partial charge is 0.478 e. The predicted molar refractivity (Wildman–Crippen MR) is 85.0 cm³/mol. The van der Waals surface area contributed by atoms with Crippen molar-refractivity contribution in [1.82, 2.24) is 0 Å². The molecule has 3 atom stereocenters. The first-order chi connectivity index (χ1) is 11.0. The van der Waals surface area contributed by atoms with E-state index < -0.39 is 24.1 Å². The molecule has 2 N–H and O–H groups in total. The van der Waals surface area contributed by atoms with Crippen LogP contribution in [0.25, 0.3) is 0 Å². The van der Waals surface area contributed by atoms with Crippen LogP contribution in [0.2, 0.25) is 0 Å². The highest BCUT2D eigenvalue weighted by molar-refractivity contribution is 5.89. The molecule has 1 aliphatic rings. The molecule has 124 valence electrons. The number of hydrogen-bond acceptors (Lipinski definition) is 4. The fraction of sp³-hybridized carbons (Fsp3) is 0.444. The molecule has 1 aliphatic carbocycles. The Morgan fingerprint density at radius 3 is 2.57 bits per heavy atom. The van der Waals surface area contributed by atoms with Crippen LogP contribution in [0, 0.1) is 5.92 Å². The molecule has 0 saturated heterocycles. The smallest absolute Gasteiger partial charge is 0.338 e. The summed E-state index contributed by atoms with van der Waals surface area (Å²) in [6, 6.07) is 8.71. The van der Waals surface area contributed by atoms with Gasteiger partial charge in [-0.15, -0.1) is 0 Å². The summed E-state index contributed by atoms with van der Waals surface area (Å²) >= 11 is 0. The number of ether oxygens (including phenoxy) is 1. The standard InChI is InChI=1S/C18H22O5/c1-12(17(20)21)7-8-13-9-10-16(15(19)11-13)23-18(22)14-5-3-2-4-6-14/h2-7,13,15-16,19H,8-11H2,1H3,(H,20,21). The Labute approximate surface area is 135 Å². The Morgan fingerprint density at radius 2 is 1.96 bits per heavy atom. The molecule has 2 rings (SSSR count). The Kier molecular flexibility index (Phi) is 5.93. The quantitative estimate of drug-likeness (QED) is 0.644. The maximum Gasteiger partial charge on any atom is 0.338 e. The first-order valence-corrected chi connectivity index (χ1v) is 7.81. The number of hydrogen-bond donors (Lipinski definition) is 2. The number of aliphatic carboxylic acids is 1. The number of aliphatic hydroxyl groups excluding tert-OH is 1. The topological polar surface area (TPSA) is 83.8 Å². The molecule has 3 unspecified atom stereocenters. The highest BCUT2D eigenvalue weighted by Gasteiger charge is 2.31. The summed E-state index contributed by atoms with van der Waals surface area (Å²) in [5.41, 5.74) is 0.791. The number of rotatable bonds is 5. The molecule has 5 heteroatoms. The van der Waals surface area contributed by atoms with Crippen LogP contribution in [0.4, 0.5) is 0 Å². The number of benzene rings is 1. The molecule has 5 nitrogen and oxygen atoms in total. The van der Waals surface area contributed by atoms with Gasteiger partial charge in [0.25, 0.3) is 0 Å². The van der Waals surface area contributed by atoms with E-state index in [9.17, 15) is 14.7 Å². The molecule has 0 aliphatic heterocycles. The normalized spacial score (nSPS) is 25.0. The van der Waals surface area contributed by atoms with Gasteiger partial charge >= 0.3 is 11.9 Å². The Balaban J connectivity index is 1.86. The zero-order valence-electron chi connectivity index (χ0n) is 13.1. The number of esters is 1. The number of carboxylic acid groups (broad SMARTS) is 1. The van der Waals surface area contributed by atoms with Crippen molar-refractivity contribution in [2.75, 3.05) is 0 Å². The predicted octanol–water partition coefficient (Wildman–Crippen LogP) is 2.79. The number of carbonyl (C=O) groups excluding carboxylic acids is 1. The molecule has 1 fully saturated rings. The minimum atomic E-state index is -0.920. The average Bonchev–Trinajstić information content (AvgIpc) is 2.55. The van der Waals surface area contributed by atoms with Gasteiger partial charge in [-0.3, -0.25) is 0 Å². The fourth-order valence-electron chi connectivity index (χ4n) is 2.77. The van der Waals surface area contributed by atoms with E-state index in [1.165, 1.54) is 0 Å². The number of aliphatic hydroxyl groups is 1. The summed E-state index contributed by atoms with van der Waals surface area (Å²) in [7, 11) is 0. The molecule has 1 aromatic rings. The van der Waals surface area contributed by atoms with E-state index in [2.05, 4.69) is 0 Å². The second-order valence-corrected chi connectivity index (χ2v) is 5.98. The first-order valence-electron chi connectivity index (χ1n) is 7.81. The van der Waals surface area contributed by atoms with Crippen LogP contribution in [0.15, 0.2) is 42.0 Å². The van der Waals surface area contributed by atoms with Crippen molar-refractivity contribution in [3.8, 4) is 0 Å². The number of carbonyl (C=O) groups is 2. The van der Waals surface area contributed by atoms with Gasteiger partial charge < -0.3 is 14.9 Å². The van der Waals surface area contributed by atoms with Crippen molar-refractivity contribution in [2.45, 2.75) is 44.8 Å². The van der Waals surface area contributed by atoms with Crippen LogP contribution in [0.3, 0.4) is 0 Å². The number of allylic oxidation sites excluding steroid dienone is 1. The van der Waals surface area contributed by atoms with Crippen LogP contribution in [0.5, 0.6) is 0 Å². The summed E-state index contributed by atoms with van der Waals surface area (Å²) in [4.78, 5) is 22.8. The van der Waals surface area contributed by atoms with Crippen LogP contribution in [-0.4, -0.2) is 34.4 Å². The highest BCUT2D eigenvalue weighted by Crippen LogP contribution is 2.30. The lowest BCUT2D eigenvalue weighted by atomic mass is 9.83. The van der Waals surface area contributed by atoms with Crippen LogP contribution in [0.1, 0.15) is 43.0 Å². The molecule has 0 radical (unpaired) electrons. The Hall–Kier alpha value is -2.14. The summed E-state index contributed by atoms with van der Waals surface area (Å²) in [6.07, 6.45) is 3.00. The van der Waals surface area contributed by atoms with Crippen molar-refractivity contribution in [2.24, 2.45) is 5.92 Å². The van der Waals surface area contributed by atoms with Crippen LogP contribution in [-0.2, 0) is 9.53 Å². The van der Waals surface area contributed by atoms with Crippen molar-refractivity contribution in [3.05, 3.63) is 47.5 Å². The van der Waals surface area contributed by atoms with E-state index >= 15 is 0 Å². The minimum Gasteiger partial charge on any atom is -0.478 e. The van der Waals surface area contributed by atoms with Gasteiger partial charge in [-0.1, -0.05) is 24.3 Å². The van der Waals surface area contributed by atoms with E-state index in [1.807, 2.05) is 6.07 Å². The first kappa shape index (κ1) is 17.2. The summed E-state index contributed by atoms with van der Waals surface area (Å²) in [5, 5.41) is 19.0. The second kappa shape index (κ2) is 7.92. The van der Waals surface area contributed by atoms with Gasteiger partial charge in [0.15, 0.2) is 0 Å². The minimum absolute atomic E-state index is 0.214. The molecule has 1 saturated carbocycles. The van der Waals surface area contributed by atoms with Gasteiger partial charge in [0.05, 0.1) is 11.7 Å². The van der Waals surface area contributed by atoms with Gasteiger partial charge in [0.1, 0.15) is 6.10 Å². The van der Waals surface area contributed by atoms with E-state index in [4.69, 9.17) is 9.84 Å². The summed E-state index contributed by atoms with van der Waals surface area (Å²) < 4.78 is 5.40. The van der Waals surface area contributed by atoms with Gasteiger partial charge in [-0.05, 0) is 50.7 Å². The van der Waals surface area contributed by atoms with Crippen LogP contribution >= 0.6 is 0 Å². The van der Waals surface area contributed by atoms with E-state index in [-0.39, 0.29) is 5.92 Å². The van der Waals surface area contributed by atoms with E-state index in [1.54, 1.807) is 37.3 Å². The van der Waals surface area contributed by atoms with Crippen LogP contribution < -0.4 is 0 Å². The highest BCUT2D eigenvalue weighted by atomic mass is 16.6. The molecule has 0 heterocycles. The molecule has 0 aromatic heterocycles. The van der Waals surface area contributed by atoms with E-state index in [0.717, 1.165) is 6.42 Å². The van der Waals surface area contributed by atoms with Gasteiger partial charge in [-0.2, -0.15) is 0 Å². The zero-order chi connectivity index (χ0) is 16.8. The van der Waals surface area contributed by atoms with Crippen molar-refractivity contribution >= 4 is 11.9 Å². The molecule has 0 spiro atoms. The maximum absolute atomic E-state index is 12.0. The fourth-order valence-corrected chi connectivity index (χ4v) is 2.77. The lowest BCUT2D eigenvalue weighted by molar-refractivity contribution is -0.132. The summed E-state index contributed by atoms with van der Waals surface area (Å²) in [6.45, 7) is 1.56. The maximum atomic E-state index is 12.0. The SMILES string of the molecule is CC(=CCC1CCC(OC(=O)c2ccccc2)C(O)C1)C(=O)O. The number of carboxylic acids is 1. The lowest BCUT2D eigenvalue weighted by Crippen LogP contribution is -2.37. The monoisotopic (exact) mass is 318 g/mol. The van der Waals surface area contributed by atoms with Gasteiger partial charge in [-0.25, -0.2) is 9.59 Å². The average molecular weight is 318 g/mol.